The number of para-hydroxylation sites is 1. The highest BCUT2D eigenvalue weighted by atomic mass is 16.5. The van der Waals surface area contributed by atoms with E-state index in [-0.39, 0.29) is 24.4 Å². The molecule has 3 atom stereocenters. The predicted molar refractivity (Wildman–Crippen MR) is 97.7 cm³/mol. The number of aryl methyl sites for hydroxylation is 1. The molecule has 1 aromatic heterocycles. The lowest BCUT2D eigenvalue weighted by atomic mass is 9.78. The number of carbonyl (C=O) groups excluding carboxylic acids is 2. The zero-order valence-corrected chi connectivity index (χ0v) is 15.2. The van der Waals surface area contributed by atoms with Crippen LogP contribution in [0.15, 0.2) is 34.9 Å². The first-order valence-corrected chi connectivity index (χ1v) is 9.48. The van der Waals surface area contributed by atoms with Crippen LogP contribution < -0.4 is 10.6 Å². The summed E-state index contributed by atoms with van der Waals surface area (Å²) in [6.07, 6.45) is 2.79. The van der Waals surface area contributed by atoms with Gasteiger partial charge in [0.1, 0.15) is 5.54 Å². The topological polar surface area (TPSA) is 87.5 Å². The number of anilines is 1. The third-order valence-corrected chi connectivity index (χ3v) is 6.20. The Labute approximate surface area is 157 Å². The summed E-state index contributed by atoms with van der Waals surface area (Å²) in [6, 6.07) is 9.82. The summed E-state index contributed by atoms with van der Waals surface area (Å²) >= 11 is 0. The predicted octanol–water partition coefficient (Wildman–Crippen LogP) is 1.93. The molecule has 27 heavy (non-hydrogen) atoms. The second-order valence-electron chi connectivity index (χ2n) is 7.70. The first-order valence-electron chi connectivity index (χ1n) is 9.48. The van der Waals surface area contributed by atoms with Crippen molar-refractivity contribution in [2.75, 3.05) is 11.9 Å². The van der Waals surface area contributed by atoms with Gasteiger partial charge in [0, 0.05) is 23.4 Å². The maximum absolute atomic E-state index is 13.2. The van der Waals surface area contributed by atoms with Crippen LogP contribution in [0.25, 0.3) is 0 Å². The van der Waals surface area contributed by atoms with E-state index in [1.807, 2.05) is 31.2 Å². The van der Waals surface area contributed by atoms with Crippen molar-refractivity contribution >= 4 is 17.5 Å². The van der Waals surface area contributed by atoms with E-state index in [4.69, 9.17) is 4.52 Å². The summed E-state index contributed by atoms with van der Waals surface area (Å²) in [5, 5.41) is 9.84. The summed E-state index contributed by atoms with van der Waals surface area (Å²) in [5.74, 6) is 0.00852. The molecular weight excluding hydrogens is 344 g/mol. The lowest BCUT2D eigenvalue weighted by molar-refractivity contribution is -0.137. The van der Waals surface area contributed by atoms with Crippen LogP contribution in [-0.4, -0.2) is 34.5 Å². The first-order chi connectivity index (χ1) is 13.1. The molecule has 0 bridgehead atoms. The van der Waals surface area contributed by atoms with Gasteiger partial charge in [-0.15, -0.1) is 0 Å². The Hall–Kier alpha value is -2.67. The SMILES string of the molecule is Cc1cc(CNC(=O)[C@H]2C[C@H]3CCCN3[C@]23C(=O)Nc2ccccc23)on1. The van der Waals surface area contributed by atoms with Gasteiger partial charge in [0.2, 0.25) is 11.8 Å². The average molecular weight is 366 g/mol. The van der Waals surface area contributed by atoms with Crippen molar-refractivity contribution in [2.24, 2.45) is 5.92 Å². The molecule has 2 amide bonds. The average Bonchev–Trinajstić information content (AvgIpc) is 3.39. The largest absolute Gasteiger partial charge is 0.359 e. The number of nitrogens with one attached hydrogen (secondary N) is 2. The Bertz CT molecular complexity index is 923. The molecule has 0 radical (unpaired) electrons. The summed E-state index contributed by atoms with van der Waals surface area (Å²) < 4.78 is 5.19. The number of benzene rings is 1. The molecule has 4 heterocycles. The van der Waals surface area contributed by atoms with E-state index in [1.54, 1.807) is 6.07 Å². The Morgan fingerprint density at radius 2 is 2.30 bits per heavy atom. The van der Waals surface area contributed by atoms with Crippen molar-refractivity contribution in [1.29, 1.82) is 0 Å². The van der Waals surface area contributed by atoms with Crippen LogP contribution in [0.3, 0.4) is 0 Å². The van der Waals surface area contributed by atoms with Crippen LogP contribution in [-0.2, 0) is 21.7 Å². The van der Waals surface area contributed by atoms with Gasteiger partial charge in [-0.2, -0.15) is 0 Å². The zero-order chi connectivity index (χ0) is 18.6. The number of nitrogens with zero attached hydrogens (tertiary/aromatic N) is 2. The highest BCUT2D eigenvalue weighted by molar-refractivity contribution is 6.09. The number of amides is 2. The second kappa shape index (κ2) is 5.92. The fraction of sp³-hybridized carbons (Fsp3) is 0.450. The van der Waals surface area contributed by atoms with E-state index in [0.717, 1.165) is 36.3 Å². The van der Waals surface area contributed by atoms with Crippen LogP contribution >= 0.6 is 0 Å². The molecule has 3 aliphatic rings. The van der Waals surface area contributed by atoms with Gasteiger partial charge in [-0.1, -0.05) is 23.4 Å². The minimum absolute atomic E-state index is 0.0799. The van der Waals surface area contributed by atoms with Gasteiger partial charge in [0.15, 0.2) is 5.76 Å². The fourth-order valence-electron chi connectivity index (χ4n) is 5.18. The van der Waals surface area contributed by atoms with Crippen LogP contribution in [0, 0.1) is 12.8 Å². The molecule has 0 aliphatic carbocycles. The van der Waals surface area contributed by atoms with Crippen LogP contribution in [0.4, 0.5) is 5.69 Å². The molecule has 5 rings (SSSR count). The minimum Gasteiger partial charge on any atom is -0.359 e. The van der Waals surface area contributed by atoms with Crippen molar-refractivity contribution in [3.8, 4) is 0 Å². The molecule has 2 aromatic rings. The van der Waals surface area contributed by atoms with E-state index >= 15 is 0 Å². The van der Waals surface area contributed by atoms with Crippen molar-refractivity contribution in [1.82, 2.24) is 15.4 Å². The van der Waals surface area contributed by atoms with Gasteiger partial charge in [-0.3, -0.25) is 14.5 Å². The molecule has 1 aromatic carbocycles. The fourth-order valence-corrected chi connectivity index (χ4v) is 5.18. The van der Waals surface area contributed by atoms with Gasteiger partial charge in [0.25, 0.3) is 0 Å². The van der Waals surface area contributed by atoms with E-state index in [0.29, 0.717) is 12.2 Å². The Morgan fingerprint density at radius 3 is 3.11 bits per heavy atom. The first kappa shape index (κ1) is 16.5. The number of fused-ring (bicyclic) bond motifs is 4. The smallest absolute Gasteiger partial charge is 0.250 e. The lowest BCUT2D eigenvalue weighted by Gasteiger charge is -2.36. The monoisotopic (exact) mass is 366 g/mol. The van der Waals surface area contributed by atoms with Crippen molar-refractivity contribution in [3.63, 3.8) is 0 Å². The highest BCUT2D eigenvalue weighted by Crippen LogP contribution is 2.55. The normalized spacial score (nSPS) is 29.0. The van der Waals surface area contributed by atoms with Gasteiger partial charge < -0.3 is 15.2 Å². The minimum atomic E-state index is -0.904. The van der Waals surface area contributed by atoms with Gasteiger partial charge in [0.05, 0.1) is 18.2 Å². The molecule has 0 unspecified atom stereocenters. The van der Waals surface area contributed by atoms with E-state index in [1.165, 1.54) is 0 Å². The molecule has 140 valence electrons. The highest BCUT2D eigenvalue weighted by Gasteiger charge is 2.65. The maximum Gasteiger partial charge on any atom is 0.250 e. The molecule has 7 heteroatoms. The number of rotatable bonds is 3. The zero-order valence-electron chi connectivity index (χ0n) is 15.2. The van der Waals surface area contributed by atoms with Crippen molar-refractivity contribution < 1.29 is 14.1 Å². The van der Waals surface area contributed by atoms with Crippen LogP contribution in [0.2, 0.25) is 0 Å². The summed E-state index contributed by atoms with van der Waals surface area (Å²) in [7, 11) is 0. The van der Waals surface area contributed by atoms with E-state index in [2.05, 4.69) is 20.7 Å². The summed E-state index contributed by atoms with van der Waals surface area (Å²) in [5.41, 5.74) is 1.62. The van der Waals surface area contributed by atoms with Crippen LogP contribution in [0.5, 0.6) is 0 Å². The van der Waals surface area contributed by atoms with Gasteiger partial charge in [-0.05, 0) is 38.8 Å². The Morgan fingerprint density at radius 1 is 1.44 bits per heavy atom. The third kappa shape index (κ3) is 2.27. The molecule has 3 aliphatic heterocycles. The Kier molecular flexibility index (Phi) is 3.62. The van der Waals surface area contributed by atoms with Crippen molar-refractivity contribution in [3.05, 3.63) is 47.3 Å². The van der Waals surface area contributed by atoms with E-state index < -0.39 is 11.5 Å². The molecule has 1 spiro atoms. The number of hydrogen-bond acceptors (Lipinski definition) is 5. The molecule has 7 nitrogen and oxygen atoms in total. The molecule has 2 saturated heterocycles. The second-order valence-corrected chi connectivity index (χ2v) is 7.70. The van der Waals surface area contributed by atoms with Gasteiger partial charge in [-0.25, -0.2) is 0 Å². The Balaban J connectivity index is 1.50. The van der Waals surface area contributed by atoms with Crippen LogP contribution in [0.1, 0.15) is 36.3 Å². The van der Waals surface area contributed by atoms with Crippen molar-refractivity contribution in [2.45, 2.75) is 44.3 Å². The quantitative estimate of drug-likeness (QED) is 0.867. The number of aromatic nitrogens is 1. The third-order valence-electron chi connectivity index (χ3n) is 6.20. The molecule has 2 N–H and O–H groups in total. The molecule has 0 saturated carbocycles. The van der Waals surface area contributed by atoms with E-state index in [9.17, 15) is 9.59 Å². The maximum atomic E-state index is 13.2. The summed E-state index contributed by atoms with van der Waals surface area (Å²) in [6.45, 7) is 2.97. The molecular formula is C20H22N4O3. The van der Waals surface area contributed by atoms with Gasteiger partial charge >= 0.3 is 0 Å². The molecule has 2 fully saturated rings. The standard InChI is InChI=1S/C20H22N4O3/c1-12-9-14(27-23-12)11-21-18(25)16-10-13-5-4-8-24(13)20(16)15-6-2-3-7-17(15)22-19(20)26/h2-3,6-7,9,13,16H,4-5,8,10-11H2,1H3,(H,21,25)(H,22,26)/t13-,16-,20+/m1/s1. The lowest BCUT2D eigenvalue weighted by Crippen LogP contribution is -2.54. The number of hydrogen-bond donors (Lipinski definition) is 2. The summed E-state index contributed by atoms with van der Waals surface area (Å²) in [4.78, 5) is 28.7. The number of carbonyl (C=O) groups is 2.